The SMILES string of the molecule is Cc1ccc(C(CNC(=O)c2ccc(CSc3nccn3C)o2)N2CCCC2)o1. The molecule has 154 valence electrons. The van der Waals surface area contributed by atoms with Crippen molar-refractivity contribution < 1.29 is 13.6 Å². The molecular weight excluding hydrogens is 388 g/mol. The first-order chi connectivity index (χ1) is 14.1. The average Bonchev–Trinajstić information content (AvgIpc) is 3.49. The van der Waals surface area contributed by atoms with E-state index in [4.69, 9.17) is 8.83 Å². The smallest absolute Gasteiger partial charge is 0.287 e. The van der Waals surface area contributed by atoms with Crippen LogP contribution in [-0.2, 0) is 12.8 Å². The number of hydrogen-bond acceptors (Lipinski definition) is 6. The van der Waals surface area contributed by atoms with Gasteiger partial charge in [0.2, 0.25) is 0 Å². The van der Waals surface area contributed by atoms with E-state index in [1.165, 1.54) is 12.8 Å². The number of amides is 1. The summed E-state index contributed by atoms with van der Waals surface area (Å²) in [5.74, 6) is 3.29. The van der Waals surface area contributed by atoms with Crippen molar-refractivity contribution in [3.8, 4) is 0 Å². The minimum atomic E-state index is -0.203. The zero-order valence-electron chi connectivity index (χ0n) is 16.8. The van der Waals surface area contributed by atoms with E-state index in [2.05, 4.69) is 15.2 Å². The van der Waals surface area contributed by atoms with Crippen LogP contribution >= 0.6 is 11.8 Å². The molecule has 3 aromatic rings. The first kappa shape index (κ1) is 19.8. The Morgan fingerprint density at radius 2 is 2.07 bits per heavy atom. The maximum atomic E-state index is 12.6. The lowest BCUT2D eigenvalue weighted by atomic mass is 10.2. The number of carbonyl (C=O) groups is 1. The zero-order chi connectivity index (χ0) is 20.2. The van der Waals surface area contributed by atoms with Crippen molar-refractivity contribution in [2.24, 2.45) is 7.05 Å². The predicted molar refractivity (Wildman–Crippen MR) is 111 cm³/mol. The Morgan fingerprint density at radius 3 is 2.76 bits per heavy atom. The molecule has 3 aromatic heterocycles. The zero-order valence-corrected chi connectivity index (χ0v) is 17.6. The highest BCUT2D eigenvalue weighted by Crippen LogP contribution is 2.26. The number of carbonyl (C=O) groups excluding carboxylic acids is 1. The Morgan fingerprint density at radius 1 is 1.24 bits per heavy atom. The number of furan rings is 2. The standard InChI is InChI=1S/C21H26N4O3S/c1-15-5-7-18(27-15)17(25-10-3-4-11-25)13-23-20(26)19-8-6-16(28-19)14-29-21-22-9-12-24(21)2/h5-9,12,17H,3-4,10-11,13-14H2,1-2H3,(H,23,26). The lowest BCUT2D eigenvalue weighted by Gasteiger charge is -2.25. The Kier molecular flexibility index (Phi) is 6.10. The number of aromatic nitrogens is 2. The van der Waals surface area contributed by atoms with Crippen LogP contribution in [0.2, 0.25) is 0 Å². The van der Waals surface area contributed by atoms with Gasteiger partial charge in [0.05, 0.1) is 11.8 Å². The Labute approximate surface area is 174 Å². The van der Waals surface area contributed by atoms with Gasteiger partial charge in [0.1, 0.15) is 17.3 Å². The van der Waals surface area contributed by atoms with Crippen LogP contribution in [0.15, 0.2) is 50.6 Å². The quantitative estimate of drug-likeness (QED) is 0.566. The molecule has 4 rings (SSSR count). The van der Waals surface area contributed by atoms with Crippen molar-refractivity contribution in [2.75, 3.05) is 19.6 Å². The van der Waals surface area contributed by atoms with Gasteiger partial charge in [-0.15, -0.1) is 0 Å². The van der Waals surface area contributed by atoms with Crippen LogP contribution in [0.1, 0.15) is 46.7 Å². The topological polar surface area (TPSA) is 76.4 Å². The molecule has 1 aliphatic rings. The monoisotopic (exact) mass is 414 g/mol. The third-order valence-electron chi connectivity index (χ3n) is 5.13. The van der Waals surface area contributed by atoms with Crippen molar-refractivity contribution >= 4 is 17.7 Å². The lowest BCUT2D eigenvalue weighted by Crippen LogP contribution is -2.36. The Balaban J connectivity index is 1.35. The first-order valence-electron chi connectivity index (χ1n) is 9.87. The molecule has 7 nitrogen and oxygen atoms in total. The molecule has 1 amide bonds. The Bertz CT molecular complexity index is 955. The van der Waals surface area contributed by atoms with E-state index < -0.39 is 0 Å². The fourth-order valence-electron chi connectivity index (χ4n) is 3.58. The van der Waals surface area contributed by atoms with Crippen LogP contribution in [0.25, 0.3) is 0 Å². The fraction of sp³-hybridized carbons (Fsp3) is 0.429. The van der Waals surface area contributed by atoms with Gasteiger partial charge in [-0.3, -0.25) is 9.69 Å². The van der Waals surface area contributed by atoms with Gasteiger partial charge in [-0.1, -0.05) is 11.8 Å². The van der Waals surface area contributed by atoms with Gasteiger partial charge in [0.25, 0.3) is 5.91 Å². The van der Waals surface area contributed by atoms with Crippen LogP contribution in [0, 0.1) is 6.92 Å². The summed E-state index contributed by atoms with van der Waals surface area (Å²) in [4.78, 5) is 19.3. The number of nitrogens with one attached hydrogen (secondary N) is 1. The highest BCUT2D eigenvalue weighted by Gasteiger charge is 2.27. The van der Waals surface area contributed by atoms with Gasteiger partial charge in [-0.2, -0.15) is 0 Å². The largest absolute Gasteiger partial charge is 0.465 e. The molecular formula is C21H26N4O3S. The molecule has 0 bridgehead atoms. The average molecular weight is 415 g/mol. The highest BCUT2D eigenvalue weighted by atomic mass is 32.2. The summed E-state index contributed by atoms with van der Waals surface area (Å²) in [5.41, 5.74) is 0. The molecule has 0 radical (unpaired) electrons. The minimum absolute atomic E-state index is 0.0450. The number of likely N-dealkylation sites (tertiary alicyclic amines) is 1. The summed E-state index contributed by atoms with van der Waals surface area (Å²) in [5, 5.41) is 3.93. The van der Waals surface area contributed by atoms with Crippen molar-refractivity contribution in [3.63, 3.8) is 0 Å². The number of imidazole rings is 1. The summed E-state index contributed by atoms with van der Waals surface area (Å²) in [6.45, 7) is 4.48. The van der Waals surface area contributed by atoms with Crippen LogP contribution < -0.4 is 5.32 Å². The van der Waals surface area contributed by atoms with Crippen LogP contribution in [0.5, 0.6) is 0 Å². The number of aryl methyl sites for hydroxylation is 2. The van der Waals surface area contributed by atoms with Gasteiger partial charge < -0.3 is 18.7 Å². The Hall–Kier alpha value is -2.45. The molecule has 8 heteroatoms. The van der Waals surface area contributed by atoms with E-state index in [0.717, 1.165) is 35.5 Å². The van der Waals surface area contributed by atoms with Gasteiger partial charge in [0, 0.05) is 26.0 Å². The molecule has 4 heterocycles. The number of rotatable bonds is 8. The van der Waals surface area contributed by atoms with E-state index in [-0.39, 0.29) is 11.9 Å². The molecule has 0 aliphatic carbocycles. The summed E-state index contributed by atoms with van der Waals surface area (Å²) in [6.07, 6.45) is 6.03. The molecule has 29 heavy (non-hydrogen) atoms. The minimum Gasteiger partial charge on any atom is -0.465 e. The first-order valence-corrected chi connectivity index (χ1v) is 10.9. The number of hydrogen-bond donors (Lipinski definition) is 1. The molecule has 0 aromatic carbocycles. The van der Waals surface area contributed by atoms with Gasteiger partial charge >= 0.3 is 0 Å². The molecule has 1 N–H and O–H groups in total. The van der Waals surface area contributed by atoms with Crippen molar-refractivity contribution in [1.82, 2.24) is 19.8 Å². The van der Waals surface area contributed by atoms with Crippen molar-refractivity contribution in [1.29, 1.82) is 0 Å². The van der Waals surface area contributed by atoms with Gasteiger partial charge in [0.15, 0.2) is 10.9 Å². The maximum Gasteiger partial charge on any atom is 0.287 e. The van der Waals surface area contributed by atoms with E-state index in [1.54, 1.807) is 24.0 Å². The van der Waals surface area contributed by atoms with E-state index in [9.17, 15) is 4.79 Å². The molecule has 1 aliphatic heterocycles. The molecule has 1 atom stereocenters. The lowest BCUT2D eigenvalue weighted by molar-refractivity contribution is 0.0904. The second kappa shape index (κ2) is 8.92. The van der Waals surface area contributed by atoms with Crippen molar-refractivity contribution in [3.05, 3.63) is 59.7 Å². The van der Waals surface area contributed by atoms with E-state index in [1.807, 2.05) is 42.9 Å². The molecule has 1 fully saturated rings. The summed E-state index contributed by atoms with van der Waals surface area (Å²) in [6, 6.07) is 7.59. The molecule has 0 saturated carbocycles. The number of nitrogens with zero attached hydrogens (tertiary/aromatic N) is 3. The fourth-order valence-corrected chi connectivity index (χ4v) is 4.40. The van der Waals surface area contributed by atoms with Crippen molar-refractivity contribution in [2.45, 2.75) is 36.7 Å². The summed E-state index contributed by atoms with van der Waals surface area (Å²) < 4.78 is 13.5. The van der Waals surface area contributed by atoms with Crippen LogP contribution in [-0.4, -0.2) is 40.0 Å². The van der Waals surface area contributed by atoms with Crippen LogP contribution in [0.3, 0.4) is 0 Å². The molecule has 1 saturated heterocycles. The normalized spacial score (nSPS) is 15.7. The summed E-state index contributed by atoms with van der Waals surface area (Å²) >= 11 is 1.57. The van der Waals surface area contributed by atoms with Crippen LogP contribution in [0.4, 0.5) is 0 Å². The maximum absolute atomic E-state index is 12.6. The van der Waals surface area contributed by atoms with E-state index >= 15 is 0 Å². The van der Waals surface area contributed by atoms with Gasteiger partial charge in [-0.05, 0) is 57.1 Å². The predicted octanol–water partition coefficient (Wildman–Crippen LogP) is 3.77. The third-order valence-corrected chi connectivity index (χ3v) is 6.21. The third kappa shape index (κ3) is 4.76. The van der Waals surface area contributed by atoms with E-state index in [0.29, 0.717) is 18.1 Å². The second-order valence-electron chi connectivity index (χ2n) is 7.29. The molecule has 0 spiro atoms. The number of thioether (sulfide) groups is 1. The summed E-state index contributed by atoms with van der Waals surface area (Å²) in [7, 11) is 1.95. The highest BCUT2D eigenvalue weighted by molar-refractivity contribution is 7.98. The van der Waals surface area contributed by atoms with Gasteiger partial charge in [-0.25, -0.2) is 4.98 Å². The molecule has 1 unspecified atom stereocenters. The second-order valence-corrected chi connectivity index (χ2v) is 8.24.